The number of nitrogens with zero attached hydrogens (tertiary/aromatic N) is 1. The molecule has 0 saturated heterocycles. The van der Waals surface area contributed by atoms with E-state index in [0.29, 0.717) is 0 Å². The van der Waals surface area contributed by atoms with Crippen LogP contribution in [0.3, 0.4) is 0 Å². The van der Waals surface area contributed by atoms with Gasteiger partial charge in [-0.05, 0) is 26.3 Å². The second-order valence-corrected chi connectivity index (χ2v) is 4.19. The molecule has 1 aromatic rings. The molecule has 0 spiro atoms. The van der Waals surface area contributed by atoms with Crippen molar-refractivity contribution in [3.05, 3.63) is 35.4 Å². The first kappa shape index (κ1) is 11.5. The molecule has 0 aromatic heterocycles. The summed E-state index contributed by atoms with van der Waals surface area (Å²) in [5.41, 5.74) is 1.33. The van der Waals surface area contributed by atoms with Crippen molar-refractivity contribution >= 4 is 5.78 Å². The molecule has 0 aliphatic heterocycles. The Balaban J connectivity index is 3.12. The fourth-order valence-corrected chi connectivity index (χ4v) is 1.69. The van der Waals surface area contributed by atoms with E-state index < -0.39 is 5.41 Å². The molecule has 0 aliphatic carbocycles. The van der Waals surface area contributed by atoms with Crippen molar-refractivity contribution in [3.8, 4) is 6.07 Å². The number of hydrogen-bond acceptors (Lipinski definition) is 2. The molecule has 0 bridgehead atoms. The van der Waals surface area contributed by atoms with Gasteiger partial charge in [-0.3, -0.25) is 4.79 Å². The molecule has 0 fully saturated rings. The van der Waals surface area contributed by atoms with Crippen LogP contribution < -0.4 is 0 Å². The summed E-state index contributed by atoms with van der Waals surface area (Å²) in [6, 6.07) is 10.00. The molecule has 1 unspecified atom stereocenters. The van der Waals surface area contributed by atoms with E-state index in [0.717, 1.165) is 11.1 Å². The Morgan fingerprint density at radius 3 is 2.67 bits per heavy atom. The quantitative estimate of drug-likeness (QED) is 0.754. The Kier molecular flexibility index (Phi) is 3.26. The maximum Gasteiger partial charge on any atom is 0.131 e. The monoisotopic (exact) mass is 201 g/mol. The molecule has 1 aromatic carbocycles. The van der Waals surface area contributed by atoms with Gasteiger partial charge >= 0.3 is 0 Å². The number of hydrogen-bond donors (Lipinski definition) is 0. The summed E-state index contributed by atoms with van der Waals surface area (Å²) in [5.74, 6) is 0.0422. The maximum absolute atomic E-state index is 11.1. The van der Waals surface area contributed by atoms with Gasteiger partial charge in [-0.25, -0.2) is 0 Å². The van der Waals surface area contributed by atoms with E-state index in [4.69, 9.17) is 0 Å². The topological polar surface area (TPSA) is 40.9 Å². The van der Waals surface area contributed by atoms with Gasteiger partial charge in [0.2, 0.25) is 0 Å². The lowest BCUT2D eigenvalue weighted by molar-refractivity contribution is -0.117. The number of rotatable bonds is 3. The molecule has 1 rings (SSSR count). The van der Waals surface area contributed by atoms with E-state index in [9.17, 15) is 10.1 Å². The van der Waals surface area contributed by atoms with Crippen LogP contribution in [0.4, 0.5) is 0 Å². The van der Waals surface area contributed by atoms with E-state index in [1.165, 1.54) is 6.92 Å². The van der Waals surface area contributed by atoms with Crippen LogP contribution in [0.15, 0.2) is 24.3 Å². The molecule has 0 saturated carbocycles. The van der Waals surface area contributed by atoms with Gasteiger partial charge in [0.1, 0.15) is 5.78 Å². The van der Waals surface area contributed by atoms with Gasteiger partial charge < -0.3 is 0 Å². The van der Waals surface area contributed by atoms with Gasteiger partial charge in [-0.2, -0.15) is 5.26 Å². The molecule has 78 valence electrons. The Morgan fingerprint density at radius 1 is 1.53 bits per heavy atom. The largest absolute Gasteiger partial charge is 0.300 e. The van der Waals surface area contributed by atoms with E-state index >= 15 is 0 Å². The van der Waals surface area contributed by atoms with Crippen LogP contribution in [0, 0.1) is 18.3 Å². The van der Waals surface area contributed by atoms with Crippen LogP contribution in [-0.2, 0) is 10.2 Å². The molecule has 0 radical (unpaired) electrons. The molecule has 2 heteroatoms. The minimum absolute atomic E-state index is 0.0422. The fraction of sp³-hybridized carbons (Fsp3) is 0.385. The zero-order chi connectivity index (χ0) is 11.5. The standard InChI is InChI=1S/C13H15NO/c1-10-5-4-6-12(7-10)13(3,9-14)8-11(2)15/h4-7H,8H2,1-3H3. The number of carbonyl (C=O) groups is 1. The van der Waals surface area contributed by atoms with Crippen LogP contribution in [0.5, 0.6) is 0 Å². The normalized spacial score (nSPS) is 14.0. The van der Waals surface area contributed by atoms with Crippen molar-refractivity contribution in [1.29, 1.82) is 5.26 Å². The average molecular weight is 201 g/mol. The minimum atomic E-state index is -0.697. The van der Waals surface area contributed by atoms with Crippen LogP contribution in [-0.4, -0.2) is 5.78 Å². The Hall–Kier alpha value is -1.62. The van der Waals surface area contributed by atoms with E-state index in [2.05, 4.69) is 6.07 Å². The van der Waals surface area contributed by atoms with E-state index in [1.807, 2.05) is 38.1 Å². The highest BCUT2D eigenvalue weighted by molar-refractivity contribution is 5.77. The van der Waals surface area contributed by atoms with E-state index in [1.54, 1.807) is 0 Å². The molecule has 15 heavy (non-hydrogen) atoms. The zero-order valence-electron chi connectivity index (χ0n) is 9.37. The molecule has 0 N–H and O–H groups in total. The SMILES string of the molecule is CC(=O)CC(C)(C#N)c1cccc(C)c1. The summed E-state index contributed by atoms with van der Waals surface area (Å²) in [6.45, 7) is 5.31. The second kappa shape index (κ2) is 4.27. The number of ketones is 1. The summed E-state index contributed by atoms with van der Waals surface area (Å²) in [4.78, 5) is 11.1. The number of carbonyl (C=O) groups excluding carboxylic acids is 1. The van der Waals surface area contributed by atoms with Gasteiger partial charge in [0.15, 0.2) is 0 Å². The van der Waals surface area contributed by atoms with Crippen molar-refractivity contribution < 1.29 is 4.79 Å². The lowest BCUT2D eigenvalue weighted by Crippen LogP contribution is -2.22. The summed E-state index contributed by atoms with van der Waals surface area (Å²) in [7, 11) is 0. The second-order valence-electron chi connectivity index (χ2n) is 4.19. The summed E-state index contributed by atoms with van der Waals surface area (Å²) >= 11 is 0. The smallest absolute Gasteiger partial charge is 0.131 e. The predicted octanol–water partition coefficient (Wildman–Crippen LogP) is 2.76. The van der Waals surface area contributed by atoms with Crippen LogP contribution >= 0.6 is 0 Å². The number of Topliss-reactive ketones (excluding diaryl/α,β-unsaturated/α-hetero) is 1. The predicted molar refractivity (Wildman–Crippen MR) is 59.4 cm³/mol. The highest BCUT2D eigenvalue weighted by Crippen LogP contribution is 2.27. The molecule has 0 aliphatic rings. The summed E-state index contributed by atoms with van der Waals surface area (Å²) < 4.78 is 0. The first-order chi connectivity index (χ1) is 6.98. The third-order valence-corrected chi connectivity index (χ3v) is 2.50. The van der Waals surface area contributed by atoms with Crippen LogP contribution in [0.2, 0.25) is 0 Å². The molecule has 2 nitrogen and oxygen atoms in total. The Bertz CT molecular complexity index is 417. The molecule has 1 atom stereocenters. The molecule has 0 amide bonds. The van der Waals surface area contributed by atoms with Gasteiger partial charge in [0.05, 0.1) is 11.5 Å². The van der Waals surface area contributed by atoms with Gasteiger partial charge in [0, 0.05) is 6.42 Å². The highest BCUT2D eigenvalue weighted by Gasteiger charge is 2.28. The lowest BCUT2D eigenvalue weighted by atomic mass is 9.79. The Labute approximate surface area is 90.5 Å². The average Bonchev–Trinajstić information content (AvgIpc) is 2.16. The molecular weight excluding hydrogens is 186 g/mol. The third kappa shape index (κ3) is 2.66. The Morgan fingerprint density at radius 2 is 2.20 bits per heavy atom. The van der Waals surface area contributed by atoms with Crippen molar-refractivity contribution in [1.82, 2.24) is 0 Å². The summed E-state index contributed by atoms with van der Waals surface area (Å²) in [5, 5.41) is 9.18. The lowest BCUT2D eigenvalue weighted by Gasteiger charge is -2.20. The van der Waals surface area contributed by atoms with Crippen molar-refractivity contribution in [2.24, 2.45) is 0 Å². The molecular formula is C13H15NO. The highest BCUT2D eigenvalue weighted by atomic mass is 16.1. The number of nitriles is 1. The van der Waals surface area contributed by atoms with Crippen molar-refractivity contribution in [3.63, 3.8) is 0 Å². The number of benzene rings is 1. The number of aryl methyl sites for hydroxylation is 1. The van der Waals surface area contributed by atoms with Crippen LogP contribution in [0.25, 0.3) is 0 Å². The van der Waals surface area contributed by atoms with Crippen molar-refractivity contribution in [2.45, 2.75) is 32.6 Å². The first-order valence-corrected chi connectivity index (χ1v) is 4.96. The van der Waals surface area contributed by atoms with E-state index in [-0.39, 0.29) is 12.2 Å². The van der Waals surface area contributed by atoms with Gasteiger partial charge in [-0.1, -0.05) is 29.8 Å². The van der Waals surface area contributed by atoms with Crippen molar-refractivity contribution in [2.75, 3.05) is 0 Å². The maximum atomic E-state index is 11.1. The van der Waals surface area contributed by atoms with Crippen LogP contribution in [0.1, 0.15) is 31.4 Å². The zero-order valence-corrected chi connectivity index (χ0v) is 9.37. The third-order valence-electron chi connectivity index (χ3n) is 2.50. The minimum Gasteiger partial charge on any atom is -0.300 e. The van der Waals surface area contributed by atoms with Gasteiger partial charge in [0.25, 0.3) is 0 Å². The first-order valence-electron chi connectivity index (χ1n) is 4.96. The molecule has 0 heterocycles. The fourth-order valence-electron chi connectivity index (χ4n) is 1.69. The van der Waals surface area contributed by atoms with Gasteiger partial charge in [-0.15, -0.1) is 0 Å². The summed E-state index contributed by atoms with van der Waals surface area (Å²) in [6.07, 6.45) is 0.271.